The smallest absolute Gasteiger partial charge is 0.211 e. The topological polar surface area (TPSA) is 46.2 Å². The van der Waals surface area contributed by atoms with E-state index in [1.165, 1.54) is 18.2 Å². The van der Waals surface area contributed by atoms with Crippen LogP contribution >= 0.6 is 0 Å². The Kier molecular flexibility index (Phi) is 5.80. The summed E-state index contributed by atoms with van der Waals surface area (Å²) in [6.45, 7) is 0.104. The predicted molar refractivity (Wildman–Crippen MR) is 87.5 cm³/mol. The number of alkyl halides is 3. The van der Waals surface area contributed by atoms with Gasteiger partial charge >= 0.3 is 6.18 Å². The molecule has 1 N–H and O–H groups in total. The van der Waals surface area contributed by atoms with Crippen LogP contribution in [0.3, 0.4) is 0 Å². The van der Waals surface area contributed by atoms with Crippen LogP contribution in [0.5, 0.6) is 0 Å². The van der Waals surface area contributed by atoms with E-state index in [4.69, 9.17) is 0 Å². The van der Waals surface area contributed by atoms with Crippen molar-refractivity contribution in [3.8, 4) is 0 Å². The van der Waals surface area contributed by atoms with Crippen LogP contribution in [0.15, 0.2) is 60.0 Å². The average Bonchev–Trinajstić information content (AvgIpc) is 2.54. The van der Waals surface area contributed by atoms with Gasteiger partial charge in [-0.15, -0.1) is 0 Å². The molecule has 0 aliphatic heterocycles. The fourth-order valence-electron chi connectivity index (χ4n) is 1.98. The molecule has 0 aliphatic carbocycles. The van der Waals surface area contributed by atoms with Gasteiger partial charge in [-0.25, -0.2) is 13.1 Å². The fraction of sp³-hybridized carbons (Fsp3) is 0.176. The van der Waals surface area contributed by atoms with Gasteiger partial charge in [-0.3, -0.25) is 0 Å². The first kappa shape index (κ1) is 18.2. The zero-order valence-electron chi connectivity index (χ0n) is 12.6. The normalized spacial score (nSPS) is 12.6. The molecule has 3 nitrogen and oxygen atoms in total. The molecule has 0 saturated carbocycles. The van der Waals surface area contributed by atoms with Crippen LogP contribution in [0.2, 0.25) is 0 Å². The summed E-state index contributed by atoms with van der Waals surface area (Å²) >= 11 is 0. The molecule has 2 aromatic rings. The van der Waals surface area contributed by atoms with E-state index in [0.29, 0.717) is 12.0 Å². The highest BCUT2D eigenvalue weighted by Crippen LogP contribution is 2.29. The second-order valence-corrected chi connectivity index (χ2v) is 6.75. The lowest BCUT2D eigenvalue weighted by molar-refractivity contribution is -0.137. The summed E-state index contributed by atoms with van der Waals surface area (Å²) in [6.07, 6.45) is -2.60. The lowest BCUT2D eigenvalue weighted by atomic mass is 10.1. The minimum atomic E-state index is -4.37. The summed E-state index contributed by atoms with van der Waals surface area (Å²) < 4.78 is 63.4. The van der Waals surface area contributed by atoms with Crippen molar-refractivity contribution in [1.29, 1.82) is 0 Å². The van der Waals surface area contributed by atoms with Crippen molar-refractivity contribution in [2.24, 2.45) is 0 Å². The molecule has 0 amide bonds. The van der Waals surface area contributed by atoms with E-state index in [1.54, 1.807) is 24.3 Å². The van der Waals surface area contributed by atoms with E-state index in [9.17, 15) is 21.6 Å². The number of sulfonamides is 1. The molecule has 2 aromatic carbocycles. The van der Waals surface area contributed by atoms with Gasteiger partial charge in [0.15, 0.2) is 0 Å². The zero-order chi connectivity index (χ0) is 17.6. The van der Waals surface area contributed by atoms with E-state index in [0.717, 1.165) is 23.1 Å². The average molecular weight is 355 g/mol. The number of hydrogen-bond acceptors (Lipinski definition) is 2. The van der Waals surface area contributed by atoms with Crippen molar-refractivity contribution in [1.82, 2.24) is 4.72 Å². The Balaban J connectivity index is 1.88. The molecule has 0 saturated heterocycles. The van der Waals surface area contributed by atoms with Crippen molar-refractivity contribution in [3.63, 3.8) is 0 Å². The van der Waals surface area contributed by atoms with Gasteiger partial charge in [0, 0.05) is 12.0 Å². The first-order chi connectivity index (χ1) is 11.3. The molecule has 0 unspecified atom stereocenters. The molecule has 0 radical (unpaired) electrons. The molecule has 0 fully saturated rings. The van der Waals surface area contributed by atoms with Gasteiger partial charge in [0.2, 0.25) is 10.0 Å². The monoisotopic (exact) mass is 355 g/mol. The van der Waals surface area contributed by atoms with Gasteiger partial charge in [0.25, 0.3) is 0 Å². The molecule has 128 valence electrons. The van der Waals surface area contributed by atoms with Crippen LogP contribution in [0.4, 0.5) is 13.2 Å². The lowest BCUT2D eigenvalue weighted by Crippen LogP contribution is -2.23. The number of nitrogens with one attached hydrogen (secondary N) is 1. The Labute approximate surface area is 138 Å². The zero-order valence-corrected chi connectivity index (χ0v) is 13.4. The third-order valence-electron chi connectivity index (χ3n) is 3.24. The molecule has 2 rings (SSSR count). The Bertz CT molecular complexity index is 783. The Morgan fingerprint density at radius 2 is 1.58 bits per heavy atom. The van der Waals surface area contributed by atoms with Gasteiger partial charge in [-0.1, -0.05) is 42.5 Å². The molecule has 0 bridgehead atoms. The van der Waals surface area contributed by atoms with Crippen LogP contribution in [0.1, 0.15) is 16.7 Å². The molecule has 0 spiro atoms. The van der Waals surface area contributed by atoms with Gasteiger partial charge in [-0.2, -0.15) is 13.2 Å². The first-order valence-corrected chi connectivity index (χ1v) is 8.70. The lowest BCUT2D eigenvalue weighted by Gasteiger charge is -2.08. The second kappa shape index (κ2) is 7.63. The summed E-state index contributed by atoms with van der Waals surface area (Å²) in [6, 6.07) is 13.6. The number of rotatable bonds is 6. The SMILES string of the molecule is O=S(=O)(/C=C/c1ccccc1)NCCc1ccc(C(F)(F)F)cc1. The maximum absolute atomic E-state index is 12.5. The Morgan fingerprint density at radius 1 is 0.958 bits per heavy atom. The van der Waals surface area contributed by atoms with Crippen molar-refractivity contribution in [2.75, 3.05) is 6.54 Å². The molecule has 7 heteroatoms. The van der Waals surface area contributed by atoms with Crippen molar-refractivity contribution < 1.29 is 21.6 Å². The molecule has 0 atom stereocenters. The largest absolute Gasteiger partial charge is 0.416 e. The van der Waals surface area contributed by atoms with Crippen LogP contribution in [-0.4, -0.2) is 15.0 Å². The summed E-state index contributed by atoms with van der Waals surface area (Å²) in [4.78, 5) is 0. The fourth-order valence-corrected chi connectivity index (χ4v) is 2.80. The molecule has 0 aliphatic rings. The summed E-state index contributed by atoms with van der Waals surface area (Å²) in [5, 5.41) is 1.06. The first-order valence-electron chi connectivity index (χ1n) is 7.15. The summed E-state index contributed by atoms with van der Waals surface area (Å²) in [7, 11) is -3.59. The van der Waals surface area contributed by atoms with E-state index in [-0.39, 0.29) is 6.54 Å². The third-order valence-corrected chi connectivity index (χ3v) is 4.34. The van der Waals surface area contributed by atoms with E-state index < -0.39 is 21.8 Å². The number of halogens is 3. The van der Waals surface area contributed by atoms with Crippen molar-refractivity contribution in [2.45, 2.75) is 12.6 Å². The highest BCUT2D eigenvalue weighted by molar-refractivity contribution is 7.92. The van der Waals surface area contributed by atoms with Gasteiger partial charge in [0.05, 0.1) is 5.56 Å². The Morgan fingerprint density at radius 3 is 2.17 bits per heavy atom. The minimum Gasteiger partial charge on any atom is -0.211 e. The molecule has 0 heterocycles. The molecular weight excluding hydrogens is 339 g/mol. The van der Waals surface area contributed by atoms with E-state index >= 15 is 0 Å². The number of benzene rings is 2. The van der Waals surface area contributed by atoms with Gasteiger partial charge in [0.1, 0.15) is 0 Å². The highest BCUT2D eigenvalue weighted by Gasteiger charge is 2.29. The summed E-state index contributed by atoms with van der Waals surface area (Å²) in [5.41, 5.74) is 0.654. The second-order valence-electron chi connectivity index (χ2n) is 5.10. The minimum absolute atomic E-state index is 0.104. The van der Waals surface area contributed by atoms with Crippen LogP contribution in [-0.2, 0) is 22.6 Å². The van der Waals surface area contributed by atoms with Gasteiger partial charge < -0.3 is 0 Å². The number of hydrogen-bond donors (Lipinski definition) is 1. The third kappa shape index (κ3) is 5.82. The Hall–Kier alpha value is -2.12. The predicted octanol–water partition coefficient (Wildman–Crippen LogP) is 3.84. The maximum Gasteiger partial charge on any atom is 0.416 e. The standard InChI is InChI=1S/C17H16F3NO2S/c18-17(19,20)16-8-6-15(7-9-16)10-12-21-24(22,23)13-11-14-4-2-1-3-5-14/h1-9,11,13,21H,10,12H2/b13-11+. The van der Waals surface area contributed by atoms with Crippen molar-refractivity contribution in [3.05, 3.63) is 76.7 Å². The molecular formula is C17H16F3NO2S. The van der Waals surface area contributed by atoms with Crippen LogP contribution in [0.25, 0.3) is 6.08 Å². The van der Waals surface area contributed by atoms with E-state index in [2.05, 4.69) is 4.72 Å². The quantitative estimate of drug-likeness (QED) is 0.856. The van der Waals surface area contributed by atoms with Crippen LogP contribution in [0, 0.1) is 0 Å². The van der Waals surface area contributed by atoms with Crippen molar-refractivity contribution >= 4 is 16.1 Å². The molecule has 0 aromatic heterocycles. The van der Waals surface area contributed by atoms with Crippen LogP contribution < -0.4 is 4.72 Å². The highest BCUT2D eigenvalue weighted by atomic mass is 32.2. The van der Waals surface area contributed by atoms with E-state index in [1.807, 2.05) is 6.07 Å². The summed E-state index contributed by atoms with van der Waals surface area (Å²) in [5.74, 6) is 0. The maximum atomic E-state index is 12.5. The molecule has 24 heavy (non-hydrogen) atoms. The van der Waals surface area contributed by atoms with Gasteiger partial charge in [-0.05, 0) is 35.8 Å².